The summed E-state index contributed by atoms with van der Waals surface area (Å²) in [5.74, 6) is 0.828. The summed E-state index contributed by atoms with van der Waals surface area (Å²) in [4.78, 5) is 16.0. The third-order valence-corrected chi connectivity index (χ3v) is 3.04. The largest absolute Gasteiger partial charge is 0.493 e. The van der Waals surface area contributed by atoms with Gasteiger partial charge in [0.25, 0.3) is 5.91 Å². The zero-order valence-corrected chi connectivity index (χ0v) is 11.9. The van der Waals surface area contributed by atoms with Gasteiger partial charge in [-0.25, -0.2) is 4.98 Å². The van der Waals surface area contributed by atoms with Crippen LogP contribution in [0, 0.1) is 0 Å². The first-order valence-corrected chi connectivity index (χ1v) is 6.65. The number of aromatic nitrogens is 1. The number of para-hydroxylation sites is 2. The molecule has 0 aliphatic heterocycles. The van der Waals surface area contributed by atoms with Gasteiger partial charge in [0.15, 0.2) is 30.1 Å². The van der Waals surface area contributed by atoms with Crippen LogP contribution >= 0.6 is 0 Å². The molecular weight excluding hydrogens is 284 g/mol. The Kier molecular flexibility index (Phi) is 3.91. The van der Waals surface area contributed by atoms with E-state index in [0.717, 1.165) is 5.52 Å². The number of hydrogen-bond acceptors (Lipinski definition) is 5. The maximum Gasteiger partial charge on any atom is 0.262 e. The number of anilines is 1. The van der Waals surface area contributed by atoms with Gasteiger partial charge in [-0.3, -0.25) is 4.79 Å². The first-order chi connectivity index (χ1) is 10.8. The summed E-state index contributed by atoms with van der Waals surface area (Å²) in [6, 6.07) is 12.4. The molecule has 0 bridgehead atoms. The van der Waals surface area contributed by atoms with Gasteiger partial charge in [0.2, 0.25) is 0 Å². The van der Waals surface area contributed by atoms with Gasteiger partial charge in [-0.15, -0.1) is 0 Å². The van der Waals surface area contributed by atoms with E-state index in [0.29, 0.717) is 22.8 Å². The Balaban J connectivity index is 1.62. The van der Waals surface area contributed by atoms with E-state index in [1.54, 1.807) is 37.4 Å². The van der Waals surface area contributed by atoms with Crippen LogP contribution in [0.4, 0.5) is 5.69 Å². The van der Waals surface area contributed by atoms with Gasteiger partial charge < -0.3 is 19.2 Å². The molecule has 3 aromatic rings. The Morgan fingerprint density at radius 1 is 1.23 bits per heavy atom. The number of oxazole rings is 1. The fourth-order valence-corrected chi connectivity index (χ4v) is 2.01. The number of ether oxygens (including phenoxy) is 2. The third kappa shape index (κ3) is 3.01. The van der Waals surface area contributed by atoms with Gasteiger partial charge in [-0.1, -0.05) is 12.1 Å². The standard InChI is InChI=1S/C16H14N2O4/c1-20-13-4-2-3-5-14(13)21-9-16(19)18-11-6-7-12-15(8-11)22-10-17-12/h2-8,10H,9H2,1H3,(H,18,19). The average molecular weight is 298 g/mol. The van der Waals surface area contributed by atoms with E-state index in [4.69, 9.17) is 13.9 Å². The van der Waals surface area contributed by atoms with Crippen LogP contribution in [0.5, 0.6) is 11.5 Å². The molecule has 0 aliphatic carbocycles. The van der Waals surface area contributed by atoms with Crippen molar-refractivity contribution in [1.29, 1.82) is 0 Å². The second-order valence-electron chi connectivity index (χ2n) is 4.52. The lowest BCUT2D eigenvalue weighted by Crippen LogP contribution is -2.20. The molecule has 1 aromatic heterocycles. The number of methoxy groups -OCH3 is 1. The number of amides is 1. The number of carbonyl (C=O) groups excluding carboxylic acids is 1. The zero-order valence-electron chi connectivity index (χ0n) is 11.9. The third-order valence-electron chi connectivity index (χ3n) is 3.04. The molecule has 0 saturated heterocycles. The van der Waals surface area contributed by atoms with Crippen LogP contribution in [0.1, 0.15) is 0 Å². The van der Waals surface area contributed by atoms with Crippen molar-refractivity contribution < 1.29 is 18.7 Å². The monoisotopic (exact) mass is 298 g/mol. The van der Waals surface area contributed by atoms with Crippen molar-refractivity contribution in [3.05, 3.63) is 48.9 Å². The highest BCUT2D eigenvalue weighted by atomic mass is 16.5. The highest BCUT2D eigenvalue weighted by Gasteiger charge is 2.08. The zero-order chi connectivity index (χ0) is 15.4. The fourth-order valence-electron chi connectivity index (χ4n) is 2.01. The molecule has 22 heavy (non-hydrogen) atoms. The summed E-state index contributed by atoms with van der Waals surface area (Å²) in [5.41, 5.74) is 1.98. The molecule has 1 amide bonds. The number of benzene rings is 2. The molecule has 3 rings (SSSR count). The number of hydrogen-bond donors (Lipinski definition) is 1. The summed E-state index contributed by atoms with van der Waals surface area (Å²) in [6.07, 6.45) is 1.36. The summed E-state index contributed by atoms with van der Waals surface area (Å²) >= 11 is 0. The van der Waals surface area contributed by atoms with Crippen LogP contribution in [-0.2, 0) is 4.79 Å². The molecule has 0 aliphatic rings. The smallest absolute Gasteiger partial charge is 0.262 e. The maximum atomic E-state index is 11.9. The Hall–Kier alpha value is -3.02. The average Bonchev–Trinajstić information content (AvgIpc) is 3.01. The topological polar surface area (TPSA) is 73.6 Å². The van der Waals surface area contributed by atoms with Gasteiger partial charge in [-0.05, 0) is 24.3 Å². The molecule has 0 atom stereocenters. The number of nitrogens with one attached hydrogen (secondary N) is 1. The van der Waals surface area contributed by atoms with Crippen molar-refractivity contribution in [1.82, 2.24) is 4.98 Å². The molecule has 0 radical (unpaired) electrons. The Bertz CT molecular complexity index is 797. The van der Waals surface area contributed by atoms with Gasteiger partial charge in [0.05, 0.1) is 7.11 Å². The summed E-state index contributed by atoms with van der Waals surface area (Å²) in [5, 5.41) is 2.74. The van der Waals surface area contributed by atoms with Crippen molar-refractivity contribution in [2.75, 3.05) is 19.0 Å². The predicted octanol–water partition coefficient (Wildman–Crippen LogP) is 2.85. The van der Waals surface area contributed by atoms with E-state index >= 15 is 0 Å². The van der Waals surface area contributed by atoms with Crippen LogP contribution < -0.4 is 14.8 Å². The SMILES string of the molecule is COc1ccccc1OCC(=O)Nc1ccc2ncoc2c1. The summed E-state index contributed by atoms with van der Waals surface area (Å²) in [6.45, 7) is -0.116. The molecule has 1 N–H and O–H groups in total. The quantitative estimate of drug-likeness (QED) is 0.784. The van der Waals surface area contributed by atoms with E-state index in [1.165, 1.54) is 6.39 Å². The lowest BCUT2D eigenvalue weighted by atomic mass is 10.3. The minimum Gasteiger partial charge on any atom is -0.493 e. The van der Waals surface area contributed by atoms with Crippen molar-refractivity contribution in [3.8, 4) is 11.5 Å². The van der Waals surface area contributed by atoms with Gasteiger partial charge in [0, 0.05) is 11.8 Å². The molecule has 0 spiro atoms. The van der Waals surface area contributed by atoms with Crippen molar-refractivity contribution in [2.24, 2.45) is 0 Å². The van der Waals surface area contributed by atoms with Gasteiger partial charge >= 0.3 is 0 Å². The number of carbonyl (C=O) groups is 1. The van der Waals surface area contributed by atoms with Crippen molar-refractivity contribution in [3.63, 3.8) is 0 Å². The van der Waals surface area contributed by atoms with Crippen LogP contribution in [0.25, 0.3) is 11.1 Å². The van der Waals surface area contributed by atoms with Crippen LogP contribution in [0.3, 0.4) is 0 Å². The first kappa shape index (κ1) is 13.9. The molecule has 1 heterocycles. The molecule has 6 heteroatoms. The van der Waals surface area contributed by atoms with Gasteiger partial charge in [-0.2, -0.15) is 0 Å². The molecule has 2 aromatic carbocycles. The van der Waals surface area contributed by atoms with Crippen LogP contribution in [0.2, 0.25) is 0 Å². The van der Waals surface area contributed by atoms with E-state index in [9.17, 15) is 4.79 Å². The minimum absolute atomic E-state index is 0.116. The van der Waals surface area contributed by atoms with Crippen molar-refractivity contribution in [2.45, 2.75) is 0 Å². The molecular formula is C16H14N2O4. The van der Waals surface area contributed by atoms with E-state index < -0.39 is 0 Å². The Labute approximate surface area is 126 Å². The van der Waals surface area contributed by atoms with Crippen LogP contribution in [0.15, 0.2) is 53.3 Å². The van der Waals surface area contributed by atoms with E-state index in [2.05, 4.69) is 10.3 Å². The molecule has 0 saturated carbocycles. The highest BCUT2D eigenvalue weighted by molar-refractivity contribution is 5.93. The highest BCUT2D eigenvalue weighted by Crippen LogP contribution is 2.25. The lowest BCUT2D eigenvalue weighted by molar-refractivity contribution is -0.118. The fraction of sp³-hybridized carbons (Fsp3) is 0.125. The molecule has 112 valence electrons. The van der Waals surface area contributed by atoms with E-state index in [1.807, 2.05) is 12.1 Å². The minimum atomic E-state index is -0.273. The number of nitrogens with zero attached hydrogens (tertiary/aromatic N) is 1. The Morgan fingerprint density at radius 3 is 2.86 bits per heavy atom. The maximum absolute atomic E-state index is 11.9. The summed E-state index contributed by atoms with van der Waals surface area (Å²) in [7, 11) is 1.55. The molecule has 0 fully saturated rings. The second kappa shape index (κ2) is 6.17. The summed E-state index contributed by atoms with van der Waals surface area (Å²) < 4.78 is 15.8. The number of rotatable bonds is 5. The van der Waals surface area contributed by atoms with Crippen molar-refractivity contribution >= 4 is 22.7 Å². The van der Waals surface area contributed by atoms with Gasteiger partial charge in [0.1, 0.15) is 5.52 Å². The predicted molar refractivity (Wildman–Crippen MR) is 81.1 cm³/mol. The van der Waals surface area contributed by atoms with E-state index in [-0.39, 0.29) is 12.5 Å². The Morgan fingerprint density at radius 2 is 2.05 bits per heavy atom. The lowest BCUT2D eigenvalue weighted by Gasteiger charge is -2.10. The van der Waals surface area contributed by atoms with Crippen LogP contribution in [-0.4, -0.2) is 24.6 Å². The molecule has 6 nitrogen and oxygen atoms in total. The second-order valence-corrected chi connectivity index (χ2v) is 4.52. The molecule has 0 unspecified atom stereocenters. The number of fused-ring (bicyclic) bond motifs is 1. The normalized spacial score (nSPS) is 10.4. The first-order valence-electron chi connectivity index (χ1n) is 6.65.